The van der Waals surface area contributed by atoms with E-state index in [9.17, 15) is 9.90 Å². The van der Waals surface area contributed by atoms with E-state index in [2.05, 4.69) is 24.3 Å². The summed E-state index contributed by atoms with van der Waals surface area (Å²) in [5, 5.41) is 11.4. The van der Waals surface area contributed by atoms with Crippen LogP contribution in [0.4, 0.5) is 0 Å². The first-order valence-corrected chi connectivity index (χ1v) is 11.5. The molecule has 0 saturated heterocycles. The Morgan fingerprint density at radius 2 is 1.38 bits per heavy atom. The number of esters is 1. The van der Waals surface area contributed by atoms with Gasteiger partial charge in [0.1, 0.15) is 5.76 Å². The van der Waals surface area contributed by atoms with Gasteiger partial charge in [-0.2, -0.15) is 0 Å². The number of rotatable bonds is 8. The first-order valence-electron chi connectivity index (χ1n) is 11.5. The van der Waals surface area contributed by atoms with Crippen LogP contribution in [0.15, 0.2) is 102 Å². The predicted octanol–water partition coefficient (Wildman–Crippen LogP) is 6.33. The van der Waals surface area contributed by atoms with Crippen molar-refractivity contribution in [2.45, 2.75) is 43.6 Å². The third-order valence-corrected chi connectivity index (χ3v) is 6.74. The van der Waals surface area contributed by atoms with E-state index in [1.54, 1.807) is 0 Å². The van der Waals surface area contributed by atoms with Gasteiger partial charge in [-0.25, -0.2) is 4.79 Å². The van der Waals surface area contributed by atoms with Crippen molar-refractivity contribution in [3.05, 3.63) is 119 Å². The summed E-state index contributed by atoms with van der Waals surface area (Å²) >= 11 is 0. The molecule has 3 aromatic carbocycles. The lowest BCUT2D eigenvalue weighted by molar-refractivity contribution is -0.141. The molecule has 1 saturated carbocycles. The smallest absolute Gasteiger partial charge is 0.338 e. The van der Waals surface area contributed by atoms with Crippen LogP contribution in [-0.4, -0.2) is 17.2 Å². The molecule has 0 amide bonds. The fourth-order valence-electron chi connectivity index (χ4n) is 4.98. The van der Waals surface area contributed by atoms with Crippen LogP contribution in [0, 0.1) is 5.92 Å². The molecule has 1 fully saturated rings. The average molecular weight is 425 g/mol. The van der Waals surface area contributed by atoms with E-state index in [-0.39, 0.29) is 23.6 Å². The van der Waals surface area contributed by atoms with Gasteiger partial charge in [-0.05, 0) is 48.3 Å². The Labute approximate surface area is 189 Å². The number of hydrogen-bond donors (Lipinski definition) is 1. The number of aliphatic hydroxyl groups excluding tert-OH is 1. The monoisotopic (exact) mass is 424 g/mol. The Hall–Kier alpha value is -3.33. The van der Waals surface area contributed by atoms with Crippen LogP contribution >= 0.6 is 0 Å². The van der Waals surface area contributed by atoms with Gasteiger partial charge < -0.3 is 9.84 Å². The fraction of sp³-hybridized carbons (Fsp3) is 0.276. The molecule has 3 atom stereocenters. The zero-order chi connectivity index (χ0) is 21.9. The van der Waals surface area contributed by atoms with E-state index in [1.165, 1.54) is 5.56 Å². The fourth-order valence-corrected chi connectivity index (χ4v) is 4.98. The van der Waals surface area contributed by atoms with Crippen molar-refractivity contribution in [1.29, 1.82) is 0 Å². The van der Waals surface area contributed by atoms with Gasteiger partial charge >= 0.3 is 5.97 Å². The molecule has 1 heterocycles. The van der Waals surface area contributed by atoms with Crippen LogP contribution in [0.5, 0.6) is 0 Å². The summed E-state index contributed by atoms with van der Waals surface area (Å²) in [7, 11) is 0. The molecule has 5 rings (SSSR count). The molecule has 162 valence electrons. The molecule has 3 aromatic rings. The second-order valence-corrected chi connectivity index (χ2v) is 8.89. The zero-order valence-corrected chi connectivity index (χ0v) is 18.1. The minimum Gasteiger partial charge on any atom is -0.508 e. The van der Waals surface area contributed by atoms with E-state index in [0.717, 1.165) is 36.8 Å². The molecule has 3 unspecified atom stereocenters. The molecule has 0 radical (unpaired) electrons. The van der Waals surface area contributed by atoms with Gasteiger partial charge in [0.2, 0.25) is 0 Å². The van der Waals surface area contributed by atoms with E-state index in [1.807, 2.05) is 66.7 Å². The van der Waals surface area contributed by atoms with Crippen molar-refractivity contribution in [3.8, 4) is 0 Å². The second-order valence-electron chi connectivity index (χ2n) is 8.89. The molecule has 32 heavy (non-hydrogen) atoms. The molecule has 1 N–H and O–H groups in total. The standard InChI is InChI=1S/C29H28O3/c30-27-26(25(23-17-18-23)22-14-8-3-9-15-22)29(31)32-28(27)24(21-12-6-2-7-13-21)19-16-20-10-4-1-5-11-20/h1-15,23-25,28,30H,16-19H2. The Balaban J connectivity index is 1.49. The van der Waals surface area contributed by atoms with E-state index >= 15 is 0 Å². The number of carbonyl (C=O) groups is 1. The summed E-state index contributed by atoms with van der Waals surface area (Å²) in [5.41, 5.74) is 3.86. The average Bonchev–Trinajstić information content (AvgIpc) is 3.64. The zero-order valence-electron chi connectivity index (χ0n) is 18.1. The van der Waals surface area contributed by atoms with E-state index in [0.29, 0.717) is 11.5 Å². The highest BCUT2D eigenvalue weighted by Gasteiger charge is 2.47. The Morgan fingerprint density at radius 3 is 1.97 bits per heavy atom. The number of benzene rings is 3. The number of aliphatic hydroxyl groups is 1. The lowest BCUT2D eigenvalue weighted by atomic mass is 9.83. The van der Waals surface area contributed by atoms with Crippen LogP contribution in [0.2, 0.25) is 0 Å². The SMILES string of the molecule is O=C1OC(C(CCc2ccccc2)c2ccccc2)C(O)=C1C(c1ccccc1)C1CC1. The van der Waals surface area contributed by atoms with Crippen molar-refractivity contribution in [2.75, 3.05) is 0 Å². The van der Waals surface area contributed by atoms with Gasteiger partial charge in [-0.3, -0.25) is 0 Å². The summed E-state index contributed by atoms with van der Waals surface area (Å²) in [6.07, 6.45) is 3.13. The van der Waals surface area contributed by atoms with Crippen LogP contribution in [0.1, 0.15) is 47.8 Å². The van der Waals surface area contributed by atoms with Crippen LogP contribution in [0.3, 0.4) is 0 Å². The highest BCUT2D eigenvalue weighted by molar-refractivity contribution is 5.93. The first-order chi connectivity index (χ1) is 15.7. The number of carbonyl (C=O) groups excluding carboxylic acids is 1. The van der Waals surface area contributed by atoms with E-state index in [4.69, 9.17) is 4.74 Å². The van der Waals surface area contributed by atoms with E-state index < -0.39 is 6.10 Å². The lowest BCUT2D eigenvalue weighted by Crippen LogP contribution is -2.22. The van der Waals surface area contributed by atoms with Crippen molar-refractivity contribution in [1.82, 2.24) is 0 Å². The van der Waals surface area contributed by atoms with Crippen LogP contribution in [-0.2, 0) is 16.0 Å². The molecule has 1 aliphatic heterocycles. The molecule has 0 bridgehead atoms. The molecular weight excluding hydrogens is 396 g/mol. The molecule has 3 nitrogen and oxygen atoms in total. The Morgan fingerprint density at radius 1 is 0.812 bits per heavy atom. The van der Waals surface area contributed by atoms with Crippen LogP contribution < -0.4 is 0 Å². The lowest BCUT2D eigenvalue weighted by Gasteiger charge is -2.23. The van der Waals surface area contributed by atoms with Gasteiger partial charge in [0.25, 0.3) is 0 Å². The minimum atomic E-state index is -0.645. The van der Waals surface area contributed by atoms with Gasteiger partial charge in [-0.15, -0.1) is 0 Å². The molecule has 0 spiro atoms. The number of aryl methyl sites for hydroxylation is 1. The topological polar surface area (TPSA) is 46.5 Å². The quantitative estimate of drug-likeness (QED) is 0.430. The molecule has 3 heteroatoms. The number of cyclic esters (lactones) is 1. The van der Waals surface area contributed by atoms with Crippen LogP contribution in [0.25, 0.3) is 0 Å². The third-order valence-electron chi connectivity index (χ3n) is 6.74. The van der Waals surface area contributed by atoms with Crippen molar-refractivity contribution < 1.29 is 14.6 Å². The first kappa shape index (κ1) is 20.6. The number of hydrogen-bond acceptors (Lipinski definition) is 3. The van der Waals surface area contributed by atoms with Gasteiger partial charge in [0, 0.05) is 11.8 Å². The summed E-state index contributed by atoms with van der Waals surface area (Å²) in [6, 6.07) is 30.5. The molecular formula is C29H28O3. The minimum absolute atomic E-state index is 0.0979. The highest BCUT2D eigenvalue weighted by atomic mass is 16.6. The van der Waals surface area contributed by atoms with Gasteiger partial charge in [-0.1, -0.05) is 91.0 Å². The summed E-state index contributed by atoms with van der Waals surface area (Å²) < 4.78 is 5.91. The highest BCUT2D eigenvalue weighted by Crippen LogP contribution is 2.50. The maximum atomic E-state index is 13.1. The van der Waals surface area contributed by atoms with Crippen molar-refractivity contribution in [2.24, 2.45) is 5.92 Å². The molecule has 2 aliphatic rings. The summed E-state index contributed by atoms with van der Waals surface area (Å²) in [4.78, 5) is 13.1. The predicted molar refractivity (Wildman–Crippen MR) is 125 cm³/mol. The normalized spacial score (nSPS) is 20.1. The maximum Gasteiger partial charge on any atom is 0.338 e. The molecule has 0 aromatic heterocycles. The summed E-state index contributed by atoms with van der Waals surface area (Å²) in [6.45, 7) is 0. The number of ether oxygens (including phenoxy) is 1. The Kier molecular flexibility index (Phi) is 5.81. The second kappa shape index (κ2) is 9.04. The largest absolute Gasteiger partial charge is 0.508 e. The van der Waals surface area contributed by atoms with Crippen molar-refractivity contribution >= 4 is 5.97 Å². The van der Waals surface area contributed by atoms with Crippen molar-refractivity contribution in [3.63, 3.8) is 0 Å². The Bertz CT molecular complexity index is 1090. The van der Waals surface area contributed by atoms with Gasteiger partial charge in [0.05, 0.1) is 5.57 Å². The third kappa shape index (κ3) is 4.20. The summed E-state index contributed by atoms with van der Waals surface area (Å²) in [5.74, 6) is -0.0559. The molecule has 1 aliphatic carbocycles. The maximum absolute atomic E-state index is 13.1. The van der Waals surface area contributed by atoms with Gasteiger partial charge in [0.15, 0.2) is 6.10 Å².